The minimum atomic E-state index is -0.326. The average molecular weight is 370 g/mol. The molecule has 0 fully saturated rings. The predicted octanol–water partition coefficient (Wildman–Crippen LogP) is 4.10. The molecule has 0 aliphatic rings. The molecule has 3 rings (SSSR count). The van der Waals surface area contributed by atoms with Crippen molar-refractivity contribution in [1.29, 1.82) is 0 Å². The molecule has 0 aliphatic heterocycles. The van der Waals surface area contributed by atoms with Crippen LogP contribution in [0.4, 0.5) is 0 Å². The predicted molar refractivity (Wildman–Crippen MR) is 104 cm³/mol. The highest BCUT2D eigenvalue weighted by Gasteiger charge is 2.14. The maximum atomic E-state index is 12.8. The van der Waals surface area contributed by atoms with Crippen LogP contribution in [-0.4, -0.2) is 24.7 Å². The molecule has 0 aliphatic carbocycles. The molecule has 0 N–H and O–H groups in total. The molecule has 0 atom stereocenters. The smallest absolute Gasteiger partial charge is 0.283 e. The van der Waals surface area contributed by atoms with Crippen molar-refractivity contribution in [1.82, 2.24) is 4.57 Å². The average Bonchev–Trinajstić information content (AvgIpc) is 2.98. The molecule has 136 valence electrons. The molecule has 0 unspecified atom stereocenters. The first kappa shape index (κ1) is 18.2. The maximum Gasteiger partial charge on any atom is 0.283 e. The molecule has 0 bridgehead atoms. The summed E-state index contributed by atoms with van der Waals surface area (Å²) in [6.07, 6.45) is 0. The Labute approximate surface area is 156 Å². The van der Waals surface area contributed by atoms with Crippen molar-refractivity contribution >= 4 is 27.5 Å². The third-order valence-electron chi connectivity index (χ3n) is 4.27. The molecule has 5 nitrogen and oxygen atoms in total. The van der Waals surface area contributed by atoms with Crippen molar-refractivity contribution in [2.24, 2.45) is 4.99 Å². The number of carbonyl (C=O) groups excluding carboxylic acids is 1. The highest BCUT2D eigenvalue weighted by atomic mass is 32.1. The van der Waals surface area contributed by atoms with Crippen LogP contribution in [0.3, 0.4) is 0 Å². The normalized spacial score (nSPS) is 11.8. The zero-order valence-electron chi connectivity index (χ0n) is 15.6. The number of aromatic nitrogens is 1. The van der Waals surface area contributed by atoms with Crippen LogP contribution in [0.15, 0.2) is 35.3 Å². The quantitative estimate of drug-likeness (QED) is 0.695. The minimum Gasteiger partial charge on any atom is -0.497 e. The Kier molecular flexibility index (Phi) is 5.13. The first-order valence-corrected chi connectivity index (χ1v) is 9.21. The van der Waals surface area contributed by atoms with Gasteiger partial charge in [-0.2, -0.15) is 4.99 Å². The Balaban J connectivity index is 2.16. The van der Waals surface area contributed by atoms with Crippen LogP contribution in [0.25, 0.3) is 10.2 Å². The second kappa shape index (κ2) is 7.33. The summed E-state index contributed by atoms with van der Waals surface area (Å²) in [7, 11) is 3.11. The summed E-state index contributed by atoms with van der Waals surface area (Å²) in [6, 6.07) is 9.39. The second-order valence-corrected chi connectivity index (χ2v) is 7.02. The fraction of sp³-hybridized carbons (Fsp3) is 0.300. The Morgan fingerprint density at radius 2 is 1.92 bits per heavy atom. The van der Waals surface area contributed by atoms with E-state index in [2.05, 4.69) is 42.5 Å². The summed E-state index contributed by atoms with van der Waals surface area (Å²) >= 11 is 1.54. The third-order valence-corrected chi connectivity index (χ3v) is 5.50. The van der Waals surface area contributed by atoms with Crippen LogP contribution >= 0.6 is 11.3 Å². The fourth-order valence-electron chi connectivity index (χ4n) is 3.03. The van der Waals surface area contributed by atoms with Crippen LogP contribution in [0, 0.1) is 13.8 Å². The highest BCUT2D eigenvalue weighted by molar-refractivity contribution is 7.16. The lowest BCUT2D eigenvalue weighted by Gasteiger charge is -2.07. The Hall–Kier alpha value is -2.60. The maximum absolute atomic E-state index is 12.8. The van der Waals surface area contributed by atoms with Gasteiger partial charge in [-0.15, -0.1) is 0 Å². The standard InChI is InChI=1S/C20H22N2O3S/c1-6-22-16-10-12(2)9-13(3)18(16)26-20(22)21-19(23)15-8-7-14(24-4)11-17(15)25-5/h7-11H,6H2,1-5H3. The first-order chi connectivity index (χ1) is 12.5. The van der Waals surface area contributed by atoms with Gasteiger partial charge in [0.25, 0.3) is 5.91 Å². The molecule has 0 saturated heterocycles. The highest BCUT2D eigenvalue weighted by Crippen LogP contribution is 2.26. The zero-order valence-corrected chi connectivity index (χ0v) is 16.4. The van der Waals surface area contributed by atoms with Gasteiger partial charge in [-0.3, -0.25) is 4.79 Å². The molecule has 6 heteroatoms. The van der Waals surface area contributed by atoms with Gasteiger partial charge in [-0.05, 0) is 50.1 Å². The summed E-state index contributed by atoms with van der Waals surface area (Å²) in [6.45, 7) is 6.97. The van der Waals surface area contributed by atoms with Gasteiger partial charge in [0.15, 0.2) is 4.80 Å². The van der Waals surface area contributed by atoms with Gasteiger partial charge in [-0.25, -0.2) is 0 Å². The van der Waals surface area contributed by atoms with Gasteiger partial charge in [0.05, 0.1) is 30.0 Å². The van der Waals surface area contributed by atoms with E-state index in [9.17, 15) is 4.79 Å². The number of ether oxygens (including phenoxy) is 2. The summed E-state index contributed by atoms with van der Waals surface area (Å²) in [4.78, 5) is 17.9. The molecule has 26 heavy (non-hydrogen) atoms. The Morgan fingerprint density at radius 1 is 1.15 bits per heavy atom. The van der Waals surface area contributed by atoms with E-state index in [0.717, 1.165) is 16.8 Å². The molecule has 3 aromatic rings. The van der Waals surface area contributed by atoms with Gasteiger partial charge in [0.2, 0.25) is 0 Å². The second-order valence-electron chi connectivity index (χ2n) is 6.04. The van der Waals surface area contributed by atoms with Gasteiger partial charge < -0.3 is 14.0 Å². The SMILES string of the molecule is CCn1c(=NC(=O)c2ccc(OC)cc2OC)sc2c(C)cc(C)cc21. The lowest BCUT2D eigenvalue weighted by Crippen LogP contribution is -2.16. The van der Waals surface area contributed by atoms with Gasteiger partial charge in [0, 0.05) is 12.6 Å². The van der Waals surface area contributed by atoms with Crippen LogP contribution in [-0.2, 0) is 6.54 Å². The van der Waals surface area contributed by atoms with Crippen LogP contribution in [0.1, 0.15) is 28.4 Å². The molecule has 0 radical (unpaired) electrons. The van der Waals surface area contributed by atoms with E-state index >= 15 is 0 Å². The van der Waals surface area contributed by atoms with Crippen molar-refractivity contribution in [3.05, 3.63) is 51.8 Å². The first-order valence-electron chi connectivity index (χ1n) is 8.40. The number of aryl methyl sites for hydroxylation is 3. The van der Waals surface area contributed by atoms with E-state index in [4.69, 9.17) is 9.47 Å². The number of rotatable bonds is 4. The fourth-order valence-corrected chi connectivity index (χ4v) is 4.17. The van der Waals surface area contributed by atoms with E-state index in [-0.39, 0.29) is 5.91 Å². The molecular weight excluding hydrogens is 348 g/mol. The summed E-state index contributed by atoms with van der Waals surface area (Å²) in [5.41, 5.74) is 3.93. The number of thiazole rings is 1. The van der Waals surface area contributed by atoms with Crippen molar-refractivity contribution in [2.75, 3.05) is 14.2 Å². The number of hydrogen-bond acceptors (Lipinski definition) is 4. The lowest BCUT2D eigenvalue weighted by atomic mass is 10.1. The largest absolute Gasteiger partial charge is 0.497 e. The van der Waals surface area contributed by atoms with E-state index in [1.165, 1.54) is 29.6 Å². The lowest BCUT2D eigenvalue weighted by molar-refractivity contribution is 0.0995. The van der Waals surface area contributed by atoms with E-state index in [0.29, 0.717) is 21.9 Å². The Morgan fingerprint density at radius 3 is 2.58 bits per heavy atom. The number of methoxy groups -OCH3 is 2. The van der Waals surface area contributed by atoms with Crippen molar-refractivity contribution in [2.45, 2.75) is 27.3 Å². The van der Waals surface area contributed by atoms with Crippen LogP contribution in [0.2, 0.25) is 0 Å². The van der Waals surface area contributed by atoms with Gasteiger partial charge in [0.1, 0.15) is 11.5 Å². The van der Waals surface area contributed by atoms with Crippen LogP contribution < -0.4 is 14.3 Å². The van der Waals surface area contributed by atoms with Crippen LogP contribution in [0.5, 0.6) is 11.5 Å². The molecule has 0 spiro atoms. The molecule has 1 heterocycles. The minimum absolute atomic E-state index is 0.326. The third kappa shape index (κ3) is 3.24. The molecule has 2 aromatic carbocycles. The Bertz CT molecular complexity index is 1050. The van der Waals surface area contributed by atoms with E-state index in [1.807, 2.05) is 0 Å². The molecule has 0 saturated carbocycles. The number of benzene rings is 2. The number of carbonyl (C=O) groups is 1. The summed E-state index contributed by atoms with van der Waals surface area (Å²) in [5, 5.41) is 0. The van der Waals surface area contributed by atoms with Crippen molar-refractivity contribution in [3.8, 4) is 11.5 Å². The molecular formula is C20H22N2O3S. The monoisotopic (exact) mass is 370 g/mol. The summed E-state index contributed by atoms with van der Waals surface area (Å²) in [5.74, 6) is 0.761. The number of fused-ring (bicyclic) bond motifs is 1. The topological polar surface area (TPSA) is 52.8 Å². The number of hydrogen-bond donors (Lipinski definition) is 0. The van der Waals surface area contributed by atoms with Crippen molar-refractivity contribution in [3.63, 3.8) is 0 Å². The number of amides is 1. The van der Waals surface area contributed by atoms with E-state index < -0.39 is 0 Å². The van der Waals surface area contributed by atoms with E-state index in [1.54, 1.807) is 25.3 Å². The van der Waals surface area contributed by atoms with Crippen molar-refractivity contribution < 1.29 is 14.3 Å². The number of nitrogens with zero attached hydrogens (tertiary/aromatic N) is 2. The van der Waals surface area contributed by atoms with Gasteiger partial charge in [-0.1, -0.05) is 17.4 Å². The summed E-state index contributed by atoms with van der Waals surface area (Å²) < 4.78 is 13.8. The molecule has 1 aromatic heterocycles. The zero-order chi connectivity index (χ0) is 18.8. The van der Waals surface area contributed by atoms with Gasteiger partial charge >= 0.3 is 0 Å². The molecule has 1 amide bonds.